The molecule has 0 aromatic heterocycles. The first-order valence-electron chi connectivity index (χ1n) is 9.73. The Morgan fingerprint density at radius 2 is 1.67 bits per heavy atom. The molecule has 0 aliphatic rings. The average Bonchev–Trinajstić information content (AvgIpc) is 2.69. The number of nitrogens with one attached hydrogen (secondary N) is 1. The minimum absolute atomic E-state index is 0.413. The minimum atomic E-state index is 0.413. The van der Waals surface area contributed by atoms with Crippen molar-refractivity contribution >= 4 is 11.6 Å². The highest BCUT2D eigenvalue weighted by molar-refractivity contribution is 6.31. The lowest BCUT2D eigenvalue weighted by Crippen LogP contribution is -2.31. The third-order valence-electron chi connectivity index (χ3n) is 4.50. The van der Waals surface area contributed by atoms with E-state index in [-0.39, 0.29) is 0 Å². The number of nitrogens with zero attached hydrogens (tertiary/aromatic N) is 1. The molecule has 0 saturated heterocycles. The van der Waals surface area contributed by atoms with Gasteiger partial charge in [0.25, 0.3) is 0 Å². The maximum Gasteiger partial charge on any atom is 0.166 e. The third-order valence-corrected chi connectivity index (χ3v) is 4.87. The molecule has 0 radical (unpaired) electrons. The Morgan fingerprint density at radius 1 is 0.926 bits per heavy atom. The van der Waals surface area contributed by atoms with Gasteiger partial charge in [0.15, 0.2) is 11.5 Å². The summed E-state index contributed by atoms with van der Waals surface area (Å²) in [4.78, 5) is 2.40. The van der Waals surface area contributed by atoms with Crippen LogP contribution in [0.5, 0.6) is 11.5 Å². The number of likely N-dealkylation sites (N-methyl/N-ethyl adjacent to an activating group) is 1. The Kier molecular flexibility index (Phi) is 9.46. The molecule has 0 aliphatic heterocycles. The van der Waals surface area contributed by atoms with E-state index in [2.05, 4.69) is 30.1 Å². The fourth-order valence-electron chi connectivity index (χ4n) is 2.90. The number of halogens is 1. The third kappa shape index (κ3) is 6.73. The zero-order chi connectivity index (χ0) is 19.5. The summed E-state index contributed by atoms with van der Waals surface area (Å²) >= 11 is 6.26. The lowest BCUT2D eigenvalue weighted by atomic mass is 10.1. The maximum absolute atomic E-state index is 6.26. The number of ether oxygens (including phenoxy) is 2. The Bertz CT molecular complexity index is 690. The van der Waals surface area contributed by atoms with Gasteiger partial charge in [-0.1, -0.05) is 55.8 Å². The monoisotopic (exact) mass is 390 g/mol. The SMILES string of the molecule is CCOc1cccc(CNCCN(CC)CC)c1OCc1ccccc1Cl. The molecule has 2 aromatic rings. The molecule has 0 bridgehead atoms. The van der Waals surface area contributed by atoms with Crippen molar-refractivity contribution in [2.24, 2.45) is 0 Å². The molecule has 148 valence electrons. The van der Waals surface area contributed by atoms with Crippen LogP contribution in [0.4, 0.5) is 0 Å². The molecule has 5 heteroatoms. The predicted octanol–water partition coefficient (Wildman–Crippen LogP) is 4.75. The van der Waals surface area contributed by atoms with Gasteiger partial charge in [0.2, 0.25) is 0 Å². The lowest BCUT2D eigenvalue weighted by molar-refractivity contribution is 0.265. The standard InChI is InChI=1S/C22H31ClN2O2/c1-4-25(5-2)15-14-24-16-18-11-9-13-21(26-6-3)22(18)27-17-19-10-7-8-12-20(19)23/h7-13,24H,4-6,14-17H2,1-3H3. The second kappa shape index (κ2) is 11.9. The van der Waals surface area contributed by atoms with Crippen molar-refractivity contribution in [1.29, 1.82) is 0 Å². The van der Waals surface area contributed by atoms with E-state index in [0.29, 0.717) is 18.2 Å². The molecule has 0 amide bonds. The molecule has 0 aliphatic carbocycles. The summed E-state index contributed by atoms with van der Waals surface area (Å²) in [5, 5.41) is 4.23. The second-order valence-electron chi connectivity index (χ2n) is 6.26. The van der Waals surface area contributed by atoms with E-state index in [9.17, 15) is 0 Å². The average molecular weight is 391 g/mol. The van der Waals surface area contributed by atoms with Crippen molar-refractivity contribution in [3.63, 3.8) is 0 Å². The fraction of sp³-hybridized carbons (Fsp3) is 0.455. The van der Waals surface area contributed by atoms with Crippen LogP contribution in [0.2, 0.25) is 5.02 Å². The van der Waals surface area contributed by atoms with Crippen LogP contribution in [0.1, 0.15) is 31.9 Å². The Morgan fingerprint density at radius 3 is 2.37 bits per heavy atom. The molecule has 27 heavy (non-hydrogen) atoms. The summed E-state index contributed by atoms with van der Waals surface area (Å²) in [6, 6.07) is 13.8. The van der Waals surface area contributed by atoms with Crippen molar-refractivity contribution in [2.75, 3.05) is 32.8 Å². The second-order valence-corrected chi connectivity index (χ2v) is 6.67. The van der Waals surface area contributed by atoms with E-state index in [1.54, 1.807) is 0 Å². The van der Waals surface area contributed by atoms with E-state index >= 15 is 0 Å². The van der Waals surface area contributed by atoms with Crippen LogP contribution >= 0.6 is 11.6 Å². The van der Waals surface area contributed by atoms with Gasteiger partial charge in [-0.3, -0.25) is 0 Å². The largest absolute Gasteiger partial charge is 0.490 e. The normalized spacial score (nSPS) is 11.0. The molecule has 0 spiro atoms. The topological polar surface area (TPSA) is 33.7 Å². The fourth-order valence-corrected chi connectivity index (χ4v) is 3.09. The van der Waals surface area contributed by atoms with Crippen LogP contribution in [-0.4, -0.2) is 37.7 Å². The highest BCUT2D eigenvalue weighted by atomic mass is 35.5. The molecule has 1 N–H and O–H groups in total. The van der Waals surface area contributed by atoms with E-state index in [4.69, 9.17) is 21.1 Å². The Hall–Kier alpha value is -1.75. The minimum Gasteiger partial charge on any atom is -0.490 e. The number of rotatable bonds is 12. The molecule has 0 fully saturated rings. The predicted molar refractivity (Wildman–Crippen MR) is 113 cm³/mol. The van der Waals surface area contributed by atoms with Gasteiger partial charge in [-0.2, -0.15) is 0 Å². The molecule has 0 unspecified atom stereocenters. The maximum atomic E-state index is 6.26. The summed E-state index contributed by atoms with van der Waals surface area (Å²) in [7, 11) is 0. The van der Waals surface area contributed by atoms with Crippen LogP contribution in [0.25, 0.3) is 0 Å². The highest BCUT2D eigenvalue weighted by Gasteiger charge is 2.12. The van der Waals surface area contributed by atoms with Gasteiger partial charge in [-0.15, -0.1) is 0 Å². The zero-order valence-electron chi connectivity index (χ0n) is 16.6. The first-order valence-corrected chi connectivity index (χ1v) is 10.1. The van der Waals surface area contributed by atoms with E-state index in [1.807, 2.05) is 43.3 Å². The molecular weight excluding hydrogens is 360 g/mol. The molecule has 2 aromatic carbocycles. The van der Waals surface area contributed by atoms with Crippen LogP contribution in [0, 0.1) is 0 Å². The molecule has 0 heterocycles. The van der Waals surface area contributed by atoms with E-state index < -0.39 is 0 Å². The van der Waals surface area contributed by atoms with Crippen LogP contribution in [-0.2, 0) is 13.2 Å². The summed E-state index contributed by atoms with van der Waals surface area (Å²) < 4.78 is 11.9. The van der Waals surface area contributed by atoms with Crippen molar-refractivity contribution in [1.82, 2.24) is 10.2 Å². The lowest BCUT2D eigenvalue weighted by Gasteiger charge is -2.19. The van der Waals surface area contributed by atoms with E-state index in [1.165, 1.54) is 0 Å². The van der Waals surface area contributed by atoms with Crippen molar-refractivity contribution in [3.05, 3.63) is 58.6 Å². The van der Waals surface area contributed by atoms with Gasteiger partial charge in [0.05, 0.1) is 6.61 Å². The van der Waals surface area contributed by atoms with Crippen LogP contribution in [0.3, 0.4) is 0 Å². The van der Waals surface area contributed by atoms with Gasteiger partial charge in [0, 0.05) is 35.8 Å². The number of benzene rings is 2. The summed E-state index contributed by atoms with van der Waals surface area (Å²) in [5.74, 6) is 1.56. The molecule has 4 nitrogen and oxygen atoms in total. The van der Waals surface area contributed by atoms with Crippen molar-refractivity contribution in [2.45, 2.75) is 33.9 Å². The van der Waals surface area contributed by atoms with Gasteiger partial charge in [0.1, 0.15) is 6.61 Å². The molecule has 0 atom stereocenters. The van der Waals surface area contributed by atoms with Gasteiger partial charge < -0.3 is 19.7 Å². The number of para-hydroxylation sites is 1. The van der Waals surface area contributed by atoms with Gasteiger partial charge >= 0.3 is 0 Å². The van der Waals surface area contributed by atoms with Crippen LogP contribution < -0.4 is 14.8 Å². The zero-order valence-corrected chi connectivity index (χ0v) is 17.4. The summed E-state index contributed by atoms with van der Waals surface area (Å²) in [6.07, 6.45) is 0. The Balaban J connectivity index is 2.05. The summed E-state index contributed by atoms with van der Waals surface area (Å²) in [6.45, 7) is 12.2. The smallest absolute Gasteiger partial charge is 0.166 e. The van der Waals surface area contributed by atoms with Crippen LogP contribution in [0.15, 0.2) is 42.5 Å². The number of hydrogen-bond donors (Lipinski definition) is 1. The van der Waals surface area contributed by atoms with Gasteiger partial charge in [-0.25, -0.2) is 0 Å². The molecular formula is C22H31ClN2O2. The number of hydrogen-bond acceptors (Lipinski definition) is 4. The van der Waals surface area contributed by atoms with Crippen molar-refractivity contribution in [3.8, 4) is 11.5 Å². The first-order chi connectivity index (χ1) is 13.2. The summed E-state index contributed by atoms with van der Waals surface area (Å²) in [5.41, 5.74) is 2.05. The van der Waals surface area contributed by atoms with E-state index in [0.717, 1.165) is 55.3 Å². The molecule has 0 saturated carbocycles. The van der Waals surface area contributed by atoms with Gasteiger partial charge in [-0.05, 0) is 32.1 Å². The Labute approximate surface area is 168 Å². The highest BCUT2D eigenvalue weighted by Crippen LogP contribution is 2.32. The molecule has 2 rings (SSSR count). The quantitative estimate of drug-likeness (QED) is 0.530. The first kappa shape index (κ1) is 21.5. The van der Waals surface area contributed by atoms with Crippen molar-refractivity contribution < 1.29 is 9.47 Å².